The van der Waals surface area contributed by atoms with Crippen LogP contribution in [0.25, 0.3) is 0 Å². The summed E-state index contributed by atoms with van der Waals surface area (Å²) in [6.45, 7) is 0. The Morgan fingerprint density at radius 1 is 1.35 bits per heavy atom. The summed E-state index contributed by atoms with van der Waals surface area (Å²) in [7, 11) is 0. The predicted molar refractivity (Wildman–Crippen MR) is 73.4 cm³/mol. The Kier molecular flexibility index (Phi) is 2.87. The molecule has 17 heavy (non-hydrogen) atoms. The van der Waals surface area contributed by atoms with Crippen LogP contribution in [0.1, 0.15) is 24.8 Å². The molecule has 0 N–H and O–H groups in total. The first-order valence-corrected chi connectivity index (χ1v) is 7.11. The van der Waals surface area contributed by atoms with Gasteiger partial charge in [0.05, 0.1) is 23.7 Å². The molecule has 2 saturated heterocycles. The zero-order chi connectivity index (χ0) is 11.9. The number of hydrogen-bond donors (Lipinski definition) is 0. The van der Waals surface area contributed by atoms with Crippen LogP contribution in [0.2, 0.25) is 0 Å². The standard InChI is InChI=1S/C14H14INO/c15-11-3-1-10(2-4-11)7-14(9-16)8-12-5-6-13(14)17-12/h1-4,12-13H,5-8H2. The van der Waals surface area contributed by atoms with Crippen LogP contribution in [-0.2, 0) is 11.2 Å². The highest BCUT2D eigenvalue weighted by Crippen LogP contribution is 2.49. The molecule has 2 nitrogen and oxygen atoms in total. The molecular formula is C14H14INO. The SMILES string of the molecule is N#CC1(Cc2ccc(I)cc2)CC2CCC1O2. The highest BCUT2D eigenvalue weighted by molar-refractivity contribution is 14.1. The van der Waals surface area contributed by atoms with Crippen LogP contribution in [0.15, 0.2) is 24.3 Å². The number of nitriles is 1. The van der Waals surface area contributed by atoms with Gasteiger partial charge in [-0.15, -0.1) is 0 Å². The maximum absolute atomic E-state index is 9.52. The van der Waals surface area contributed by atoms with Gasteiger partial charge >= 0.3 is 0 Å². The summed E-state index contributed by atoms with van der Waals surface area (Å²) < 4.78 is 7.09. The Hall–Kier alpha value is -0.600. The number of rotatable bonds is 2. The van der Waals surface area contributed by atoms with E-state index in [9.17, 15) is 5.26 Å². The second-order valence-electron chi connectivity index (χ2n) is 5.10. The zero-order valence-corrected chi connectivity index (χ0v) is 11.7. The third kappa shape index (κ3) is 1.98. The van der Waals surface area contributed by atoms with Crippen molar-refractivity contribution in [2.45, 2.75) is 37.9 Å². The summed E-state index contributed by atoms with van der Waals surface area (Å²) >= 11 is 2.30. The predicted octanol–water partition coefficient (Wildman–Crippen LogP) is 3.29. The highest BCUT2D eigenvalue weighted by Gasteiger charge is 2.52. The van der Waals surface area contributed by atoms with Crippen molar-refractivity contribution in [3.8, 4) is 6.07 Å². The molecule has 2 aliphatic rings. The molecule has 3 unspecified atom stereocenters. The number of nitrogens with zero attached hydrogens (tertiary/aromatic N) is 1. The van der Waals surface area contributed by atoms with Crippen molar-refractivity contribution in [3.63, 3.8) is 0 Å². The fourth-order valence-corrected chi connectivity index (χ4v) is 3.47. The third-order valence-corrected chi connectivity index (χ3v) is 4.69. The molecular weight excluding hydrogens is 325 g/mol. The van der Waals surface area contributed by atoms with Gasteiger partial charge in [-0.05, 0) is 66.0 Å². The monoisotopic (exact) mass is 339 g/mol. The summed E-state index contributed by atoms with van der Waals surface area (Å²) in [6, 6.07) is 11.0. The van der Waals surface area contributed by atoms with E-state index in [0.29, 0.717) is 6.10 Å². The van der Waals surface area contributed by atoms with E-state index in [4.69, 9.17) is 4.74 Å². The molecule has 0 spiro atoms. The number of ether oxygens (including phenoxy) is 1. The molecule has 1 aromatic carbocycles. The Labute approximate surface area is 115 Å². The van der Waals surface area contributed by atoms with Crippen molar-refractivity contribution in [3.05, 3.63) is 33.4 Å². The van der Waals surface area contributed by atoms with E-state index in [-0.39, 0.29) is 11.5 Å². The molecule has 0 aromatic heterocycles. The summed E-state index contributed by atoms with van der Waals surface area (Å²) in [5.41, 5.74) is 0.985. The fraction of sp³-hybridized carbons (Fsp3) is 0.500. The molecule has 0 saturated carbocycles. The minimum Gasteiger partial charge on any atom is -0.373 e. The van der Waals surface area contributed by atoms with Crippen LogP contribution >= 0.6 is 22.6 Å². The molecule has 2 fully saturated rings. The molecule has 2 bridgehead atoms. The molecule has 0 radical (unpaired) electrons. The Morgan fingerprint density at radius 3 is 2.65 bits per heavy atom. The van der Waals surface area contributed by atoms with E-state index < -0.39 is 0 Å². The van der Waals surface area contributed by atoms with E-state index in [1.165, 1.54) is 9.13 Å². The van der Waals surface area contributed by atoms with Gasteiger partial charge in [0, 0.05) is 3.57 Å². The van der Waals surface area contributed by atoms with Crippen molar-refractivity contribution >= 4 is 22.6 Å². The van der Waals surface area contributed by atoms with Crippen LogP contribution in [-0.4, -0.2) is 12.2 Å². The first-order valence-electron chi connectivity index (χ1n) is 6.03. The topological polar surface area (TPSA) is 33.0 Å². The van der Waals surface area contributed by atoms with Gasteiger partial charge in [-0.3, -0.25) is 0 Å². The van der Waals surface area contributed by atoms with Crippen LogP contribution in [0, 0.1) is 20.3 Å². The average molecular weight is 339 g/mol. The number of halogens is 1. The number of fused-ring (bicyclic) bond motifs is 2. The summed E-state index contributed by atoms with van der Waals surface area (Å²) in [5, 5.41) is 9.52. The Morgan fingerprint density at radius 2 is 2.12 bits per heavy atom. The zero-order valence-electron chi connectivity index (χ0n) is 9.53. The normalized spacial score (nSPS) is 34.8. The van der Waals surface area contributed by atoms with Crippen LogP contribution < -0.4 is 0 Å². The molecule has 3 rings (SSSR count). The smallest absolute Gasteiger partial charge is 0.0899 e. The molecule has 0 amide bonds. The highest BCUT2D eigenvalue weighted by atomic mass is 127. The first kappa shape index (κ1) is 11.5. The quantitative estimate of drug-likeness (QED) is 0.775. The first-order chi connectivity index (χ1) is 8.22. The molecule has 2 heterocycles. The van der Waals surface area contributed by atoms with Gasteiger partial charge < -0.3 is 4.74 Å². The number of benzene rings is 1. The largest absolute Gasteiger partial charge is 0.373 e. The lowest BCUT2D eigenvalue weighted by atomic mass is 9.71. The van der Waals surface area contributed by atoms with Gasteiger partial charge in [0.15, 0.2) is 0 Å². The second-order valence-corrected chi connectivity index (χ2v) is 6.35. The van der Waals surface area contributed by atoms with Gasteiger partial charge in [-0.25, -0.2) is 0 Å². The second kappa shape index (κ2) is 4.25. The fourth-order valence-electron chi connectivity index (χ4n) is 3.11. The van der Waals surface area contributed by atoms with Crippen molar-refractivity contribution < 1.29 is 4.74 Å². The lowest BCUT2D eigenvalue weighted by Gasteiger charge is -2.28. The third-order valence-electron chi connectivity index (χ3n) is 3.97. The van der Waals surface area contributed by atoms with Gasteiger partial charge in [0.2, 0.25) is 0 Å². The van der Waals surface area contributed by atoms with Crippen molar-refractivity contribution in [1.29, 1.82) is 5.26 Å². The Balaban J connectivity index is 1.84. The van der Waals surface area contributed by atoms with Crippen molar-refractivity contribution in [2.75, 3.05) is 0 Å². The molecule has 3 heteroatoms. The molecule has 3 atom stereocenters. The average Bonchev–Trinajstić information content (AvgIpc) is 2.93. The van der Waals surface area contributed by atoms with Crippen LogP contribution in [0.3, 0.4) is 0 Å². The minimum atomic E-state index is -0.268. The summed E-state index contributed by atoms with van der Waals surface area (Å²) in [4.78, 5) is 0. The summed E-state index contributed by atoms with van der Waals surface area (Å²) in [6.07, 6.45) is 4.45. The maximum atomic E-state index is 9.52. The van der Waals surface area contributed by atoms with E-state index in [2.05, 4.69) is 52.9 Å². The Bertz CT molecular complexity index is 464. The van der Waals surface area contributed by atoms with E-state index >= 15 is 0 Å². The van der Waals surface area contributed by atoms with E-state index in [0.717, 1.165) is 25.7 Å². The van der Waals surface area contributed by atoms with Gasteiger partial charge in [0.25, 0.3) is 0 Å². The van der Waals surface area contributed by atoms with E-state index in [1.54, 1.807) is 0 Å². The molecule has 1 aromatic rings. The van der Waals surface area contributed by atoms with Crippen LogP contribution in [0.5, 0.6) is 0 Å². The minimum absolute atomic E-state index is 0.164. The van der Waals surface area contributed by atoms with Crippen LogP contribution in [0.4, 0.5) is 0 Å². The van der Waals surface area contributed by atoms with Gasteiger partial charge in [0.1, 0.15) is 0 Å². The molecule has 0 aliphatic carbocycles. The molecule has 88 valence electrons. The lowest BCUT2D eigenvalue weighted by Crippen LogP contribution is -2.33. The van der Waals surface area contributed by atoms with Gasteiger partial charge in [-0.2, -0.15) is 5.26 Å². The maximum Gasteiger partial charge on any atom is 0.0899 e. The van der Waals surface area contributed by atoms with Crippen molar-refractivity contribution in [2.24, 2.45) is 5.41 Å². The summed E-state index contributed by atoms with van der Waals surface area (Å²) in [5.74, 6) is 0. The van der Waals surface area contributed by atoms with E-state index in [1.807, 2.05) is 0 Å². The number of hydrogen-bond acceptors (Lipinski definition) is 2. The van der Waals surface area contributed by atoms with Gasteiger partial charge in [-0.1, -0.05) is 12.1 Å². The van der Waals surface area contributed by atoms with Crippen molar-refractivity contribution in [1.82, 2.24) is 0 Å². The lowest BCUT2D eigenvalue weighted by molar-refractivity contribution is 0.0787. The molecule has 2 aliphatic heterocycles.